The molecule has 1 amide bonds. The van der Waals surface area contributed by atoms with Crippen LogP contribution in [0.25, 0.3) is 0 Å². The number of benzene rings is 1. The van der Waals surface area contributed by atoms with Gasteiger partial charge in [0.25, 0.3) is 5.91 Å². The summed E-state index contributed by atoms with van der Waals surface area (Å²) in [5, 5.41) is 23.2. The number of carbonyl (C=O) groups is 3. The van der Waals surface area contributed by atoms with E-state index in [1.54, 1.807) is 0 Å². The minimum Gasteiger partial charge on any atom is -0.489 e. The Balaban J connectivity index is 2.20. The second kappa shape index (κ2) is 6.44. The van der Waals surface area contributed by atoms with E-state index in [-0.39, 0.29) is 23.3 Å². The lowest BCUT2D eigenvalue weighted by Crippen LogP contribution is -2.30. The SMILES string of the molecule is CNC(=O)c1cc(O[C@H]2CN[C@H](C(=O)O)C2)cc(C(=O)O)c1. The zero-order valence-corrected chi connectivity index (χ0v) is 11.8. The third-order valence-electron chi connectivity index (χ3n) is 3.33. The first-order valence-electron chi connectivity index (χ1n) is 6.64. The van der Waals surface area contributed by atoms with Gasteiger partial charge in [0, 0.05) is 25.6 Å². The number of carboxylic acids is 2. The second-order valence-corrected chi connectivity index (χ2v) is 4.90. The van der Waals surface area contributed by atoms with Crippen LogP contribution in [0.2, 0.25) is 0 Å². The Morgan fingerprint density at radius 3 is 2.45 bits per heavy atom. The molecule has 22 heavy (non-hydrogen) atoms. The number of ether oxygens (including phenoxy) is 1. The molecule has 8 nitrogen and oxygen atoms in total. The number of rotatable bonds is 5. The van der Waals surface area contributed by atoms with Gasteiger partial charge in [0.2, 0.25) is 0 Å². The Morgan fingerprint density at radius 2 is 1.91 bits per heavy atom. The van der Waals surface area contributed by atoms with Crippen molar-refractivity contribution < 1.29 is 29.3 Å². The molecule has 1 fully saturated rings. The summed E-state index contributed by atoms with van der Waals surface area (Å²) in [6.07, 6.45) is -0.134. The molecular formula is C14H16N2O6. The van der Waals surface area contributed by atoms with Crippen LogP contribution < -0.4 is 15.4 Å². The molecule has 2 atom stereocenters. The van der Waals surface area contributed by atoms with Crippen LogP contribution in [-0.4, -0.2) is 53.8 Å². The van der Waals surface area contributed by atoms with E-state index >= 15 is 0 Å². The molecule has 0 aliphatic carbocycles. The predicted octanol–water partition coefficient (Wildman–Crippen LogP) is -0.0617. The maximum atomic E-state index is 11.7. The molecule has 0 saturated carbocycles. The lowest BCUT2D eigenvalue weighted by atomic mass is 10.1. The van der Waals surface area contributed by atoms with E-state index in [0.29, 0.717) is 6.54 Å². The molecule has 8 heteroatoms. The maximum absolute atomic E-state index is 11.7. The summed E-state index contributed by atoms with van der Waals surface area (Å²) in [7, 11) is 1.44. The van der Waals surface area contributed by atoms with E-state index < -0.39 is 30.0 Å². The molecule has 0 bridgehead atoms. The Hall–Kier alpha value is -2.61. The van der Waals surface area contributed by atoms with Crippen LogP contribution in [0.4, 0.5) is 0 Å². The van der Waals surface area contributed by atoms with E-state index in [1.807, 2.05) is 0 Å². The number of aromatic carboxylic acids is 1. The van der Waals surface area contributed by atoms with Gasteiger partial charge in [-0.3, -0.25) is 9.59 Å². The molecule has 118 valence electrons. The van der Waals surface area contributed by atoms with Crippen LogP contribution in [0, 0.1) is 0 Å². The first-order valence-corrected chi connectivity index (χ1v) is 6.64. The van der Waals surface area contributed by atoms with Crippen LogP contribution in [0.3, 0.4) is 0 Å². The Bertz CT molecular complexity index is 615. The lowest BCUT2D eigenvalue weighted by molar-refractivity contribution is -0.139. The summed E-state index contributed by atoms with van der Waals surface area (Å²) >= 11 is 0. The average Bonchev–Trinajstić information content (AvgIpc) is 2.94. The highest BCUT2D eigenvalue weighted by Crippen LogP contribution is 2.21. The number of carbonyl (C=O) groups excluding carboxylic acids is 1. The third kappa shape index (κ3) is 3.53. The molecular weight excluding hydrogens is 292 g/mol. The molecule has 2 rings (SSSR count). The van der Waals surface area contributed by atoms with Gasteiger partial charge >= 0.3 is 11.9 Å². The topological polar surface area (TPSA) is 125 Å². The van der Waals surface area contributed by atoms with E-state index in [4.69, 9.17) is 14.9 Å². The minimum atomic E-state index is -1.18. The summed E-state index contributed by atoms with van der Waals surface area (Å²) in [4.78, 5) is 33.7. The molecule has 1 saturated heterocycles. The van der Waals surface area contributed by atoms with Gasteiger partial charge in [0.1, 0.15) is 17.9 Å². The molecule has 1 aromatic rings. The number of hydrogen-bond acceptors (Lipinski definition) is 5. The number of nitrogens with one attached hydrogen (secondary N) is 2. The van der Waals surface area contributed by atoms with E-state index in [1.165, 1.54) is 25.2 Å². The van der Waals surface area contributed by atoms with Crippen LogP contribution in [0.5, 0.6) is 5.75 Å². The molecule has 0 unspecified atom stereocenters. The molecule has 0 aromatic heterocycles. The zero-order chi connectivity index (χ0) is 16.3. The van der Waals surface area contributed by atoms with E-state index in [9.17, 15) is 14.4 Å². The number of amides is 1. The summed E-state index contributed by atoms with van der Waals surface area (Å²) in [6.45, 7) is 0.337. The van der Waals surface area contributed by atoms with E-state index in [0.717, 1.165) is 0 Å². The van der Waals surface area contributed by atoms with Crippen LogP contribution in [0.1, 0.15) is 27.1 Å². The Labute approximate surface area is 126 Å². The quantitative estimate of drug-likeness (QED) is 0.600. The van der Waals surface area contributed by atoms with Crippen molar-refractivity contribution >= 4 is 17.8 Å². The molecule has 0 radical (unpaired) electrons. The first-order chi connectivity index (χ1) is 10.4. The van der Waals surface area contributed by atoms with Crippen LogP contribution in [-0.2, 0) is 4.79 Å². The van der Waals surface area contributed by atoms with Gasteiger partial charge in [-0.2, -0.15) is 0 Å². The smallest absolute Gasteiger partial charge is 0.335 e. The highest BCUT2D eigenvalue weighted by atomic mass is 16.5. The second-order valence-electron chi connectivity index (χ2n) is 4.90. The van der Waals surface area contributed by atoms with Crippen molar-refractivity contribution in [1.29, 1.82) is 0 Å². The van der Waals surface area contributed by atoms with Gasteiger partial charge in [-0.15, -0.1) is 0 Å². The largest absolute Gasteiger partial charge is 0.489 e. The fourth-order valence-electron chi connectivity index (χ4n) is 2.24. The molecule has 1 aliphatic heterocycles. The normalized spacial score (nSPS) is 20.4. The molecule has 0 spiro atoms. The van der Waals surface area contributed by atoms with Crippen LogP contribution >= 0.6 is 0 Å². The van der Waals surface area contributed by atoms with Gasteiger partial charge in [0.05, 0.1) is 5.56 Å². The monoisotopic (exact) mass is 308 g/mol. The number of aliphatic carboxylic acids is 1. The highest BCUT2D eigenvalue weighted by molar-refractivity contribution is 5.98. The standard InChI is InChI=1S/C14H16N2O6/c1-15-12(17)7-2-8(13(18)19)4-9(3-7)22-10-5-11(14(20)21)16-6-10/h2-4,10-11,16H,5-6H2,1H3,(H,15,17)(H,18,19)(H,20,21)/t10-,11+/m1/s1. The van der Waals surface area contributed by atoms with Crippen molar-refractivity contribution in [3.63, 3.8) is 0 Å². The van der Waals surface area contributed by atoms with Crippen molar-refractivity contribution in [2.24, 2.45) is 0 Å². The van der Waals surface area contributed by atoms with Gasteiger partial charge in [-0.25, -0.2) is 4.79 Å². The zero-order valence-electron chi connectivity index (χ0n) is 11.8. The van der Waals surface area contributed by atoms with Gasteiger partial charge < -0.3 is 25.6 Å². The lowest BCUT2D eigenvalue weighted by Gasteiger charge is -2.14. The van der Waals surface area contributed by atoms with Gasteiger partial charge in [0.15, 0.2) is 0 Å². The van der Waals surface area contributed by atoms with Crippen molar-refractivity contribution in [3.05, 3.63) is 29.3 Å². The summed E-state index contributed by atoms with van der Waals surface area (Å²) in [5.41, 5.74) is 0.0926. The maximum Gasteiger partial charge on any atom is 0.335 e. The van der Waals surface area contributed by atoms with Gasteiger partial charge in [-0.1, -0.05) is 0 Å². The highest BCUT2D eigenvalue weighted by Gasteiger charge is 2.30. The Kier molecular flexibility index (Phi) is 4.62. The molecule has 4 N–H and O–H groups in total. The van der Waals surface area contributed by atoms with Crippen molar-refractivity contribution in [2.45, 2.75) is 18.6 Å². The van der Waals surface area contributed by atoms with Gasteiger partial charge in [-0.05, 0) is 18.2 Å². The minimum absolute atomic E-state index is 0.0724. The summed E-state index contributed by atoms with van der Waals surface area (Å²) in [5.74, 6) is -2.35. The molecule has 1 heterocycles. The molecule has 1 aromatic carbocycles. The predicted molar refractivity (Wildman–Crippen MR) is 75.3 cm³/mol. The van der Waals surface area contributed by atoms with Crippen LogP contribution in [0.15, 0.2) is 18.2 Å². The first kappa shape index (κ1) is 15.8. The number of hydrogen-bond donors (Lipinski definition) is 4. The Morgan fingerprint density at radius 1 is 1.23 bits per heavy atom. The van der Waals surface area contributed by atoms with Crippen molar-refractivity contribution in [3.8, 4) is 5.75 Å². The van der Waals surface area contributed by atoms with Crippen molar-refractivity contribution in [2.75, 3.05) is 13.6 Å². The fraction of sp³-hybridized carbons (Fsp3) is 0.357. The average molecular weight is 308 g/mol. The van der Waals surface area contributed by atoms with E-state index in [2.05, 4.69) is 10.6 Å². The summed E-state index contributed by atoms with van der Waals surface area (Å²) in [6, 6.07) is 3.30. The third-order valence-corrected chi connectivity index (χ3v) is 3.33. The molecule has 1 aliphatic rings. The van der Waals surface area contributed by atoms with Crippen molar-refractivity contribution in [1.82, 2.24) is 10.6 Å². The fourth-order valence-corrected chi connectivity index (χ4v) is 2.24. The number of carboxylic acid groups (broad SMARTS) is 2. The summed E-state index contributed by atoms with van der Waals surface area (Å²) < 4.78 is 5.61.